The van der Waals surface area contributed by atoms with Crippen molar-refractivity contribution in [2.24, 2.45) is 0 Å². The molecule has 5 heteroatoms. The molecule has 0 atom stereocenters. The molecule has 0 aliphatic rings. The Morgan fingerprint density at radius 3 is 1.67 bits per heavy atom. The molecule has 0 radical (unpaired) electrons. The van der Waals surface area contributed by atoms with Gasteiger partial charge in [-0.1, -0.05) is 0 Å². The predicted octanol–water partition coefficient (Wildman–Crippen LogP) is 1.29. The smallest absolute Gasteiger partial charge is 0.252 e. The third-order valence-electron chi connectivity index (χ3n) is 0.350. The van der Waals surface area contributed by atoms with Gasteiger partial charge in [-0.05, 0) is 20.8 Å². The van der Waals surface area contributed by atoms with E-state index >= 15 is 0 Å². The molecule has 0 spiro atoms. The molecule has 0 amide bonds. The number of halogens is 1. The molecule has 3 nitrogen and oxygen atoms in total. The fourth-order valence-electron chi connectivity index (χ4n) is 0.299. The highest BCUT2D eigenvalue weighted by molar-refractivity contribution is 8.10. The highest BCUT2D eigenvalue weighted by atomic mass is 35.7. The molecule has 0 aliphatic heterocycles. The van der Waals surface area contributed by atoms with Crippen LogP contribution in [0, 0.1) is 0 Å². The second-order valence-corrected chi connectivity index (χ2v) is 4.68. The van der Waals surface area contributed by atoms with Crippen molar-refractivity contribution >= 4 is 20.0 Å². The van der Waals surface area contributed by atoms with Gasteiger partial charge < -0.3 is 0 Å². The Balaban J connectivity index is 4.07. The zero-order valence-electron chi connectivity index (χ0n) is 5.51. The standard InChI is InChI=1S/C4H9ClO3S/c1-4(2,3)8-9(5,6)7/h1-3H3. The Hall–Kier alpha value is 0.200. The molecule has 0 bridgehead atoms. The van der Waals surface area contributed by atoms with Crippen LogP contribution in [0.25, 0.3) is 0 Å². The van der Waals surface area contributed by atoms with E-state index in [1.807, 2.05) is 0 Å². The number of hydrogen-bond acceptors (Lipinski definition) is 3. The summed E-state index contributed by atoms with van der Waals surface area (Å²) in [4.78, 5) is 0. The Bertz CT molecular complexity index is 176. The maximum atomic E-state index is 10.2. The minimum atomic E-state index is -3.81. The van der Waals surface area contributed by atoms with Crippen LogP contribution in [0.1, 0.15) is 20.8 Å². The average molecular weight is 173 g/mol. The van der Waals surface area contributed by atoms with Crippen molar-refractivity contribution in [3.63, 3.8) is 0 Å². The lowest BCUT2D eigenvalue weighted by atomic mass is 10.2. The molecule has 9 heavy (non-hydrogen) atoms. The van der Waals surface area contributed by atoms with Gasteiger partial charge in [-0.25, -0.2) is 0 Å². The van der Waals surface area contributed by atoms with E-state index in [9.17, 15) is 8.42 Å². The summed E-state index contributed by atoms with van der Waals surface area (Å²) in [6.45, 7) is 4.81. The molecule has 0 aliphatic carbocycles. The zero-order chi connectivity index (χ0) is 7.71. The monoisotopic (exact) mass is 172 g/mol. The summed E-state index contributed by atoms with van der Waals surface area (Å²) in [6, 6.07) is 0. The SMILES string of the molecule is CC(C)(C)OS(=O)(=O)Cl. The largest absolute Gasteiger partial charge is 0.356 e. The Kier molecular flexibility index (Phi) is 2.49. The van der Waals surface area contributed by atoms with Crippen molar-refractivity contribution in [2.45, 2.75) is 26.4 Å². The lowest BCUT2D eigenvalue weighted by molar-refractivity contribution is 0.145. The van der Waals surface area contributed by atoms with Gasteiger partial charge in [0.2, 0.25) is 0 Å². The summed E-state index contributed by atoms with van der Waals surface area (Å²) in [5.41, 5.74) is -0.736. The van der Waals surface area contributed by atoms with Crippen LogP contribution in [0.4, 0.5) is 0 Å². The van der Waals surface area contributed by atoms with Crippen LogP contribution in [0.3, 0.4) is 0 Å². The molecule has 0 saturated heterocycles. The van der Waals surface area contributed by atoms with E-state index in [-0.39, 0.29) is 0 Å². The first-order chi connectivity index (χ1) is 3.71. The summed E-state index contributed by atoms with van der Waals surface area (Å²) in [6.07, 6.45) is 0. The second kappa shape index (κ2) is 2.44. The minimum absolute atomic E-state index is 0.736. The summed E-state index contributed by atoms with van der Waals surface area (Å²) in [5.74, 6) is 0. The molecule has 0 aromatic carbocycles. The Morgan fingerprint density at radius 2 is 1.67 bits per heavy atom. The third kappa shape index (κ3) is 8.20. The molecular formula is C4H9ClO3S. The van der Waals surface area contributed by atoms with Gasteiger partial charge in [-0.2, -0.15) is 8.42 Å². The normalized spacial score (nSPS) is 13.8. The molecule has 0 unspecified atom stereocenters. The highest BCUT2D eigenvalue weighted by Gasteiger charge is 2.18. The zero-order valence-corrected chi connectivity index (χ0v) is 7.08. The van der Waals surface area contributed by atoms with Gasteiger partial charge in [0.25, 0.3) is 0 Å². The minimum Gasteiger partial charge on any atom is -0.252 e. The first-order valence-electron chi connectivity index (χ1n) is 2.36. The van der Waals surface area contributed by atoms with Crippen LogP contribution in [0.2, 0.25) is 0 Å². The quantitative estimate of drug-likeness (QED) is 0.560. The summed E-state index contributed by atoms with van der Waals surface area (Å²) in [7, 11) is 0.958. The molecule has 0 saturated carbocycles. The first-order valence-corrected chi connectivity index (χ1v) is 4.59. The van der Waals surface area contributed by atoms with Gasteiger partial charge in [0.1, 0.15) is 0 Å². The first kappa shape index (κ1) is 9.20. The fraction of sp³-hybridized carbons (Fsp3) is 1.00. The number of rotatable bonds is 1. The van der Waals surface area contributed by atoms with Crippen LogP contribution in [-0.2, 0) is 13.5 Å². The average Bonchev–Trinajstić information content (AvgIpc) is 1.14. The molecule has 56 valence electrons. The summed E-state index contributed by atoms with van der Waals surface area (Å²) >= 11 is 0. The maximum Gasteiger partial charge on any atom is 0.356 e. The molecule has 0 aromatic rings. The lowest BCUT2D eigenvalue weighted by Crippen LogP contribution is -2.20. The molecule has 0 fully saturated rings. The molecule has 0 rings (SSSR count). The van der Waals surface area contributed by atoms with Crippen molar-refractivity contribution in [1.29, 1.82) is 0 Å². The van der Waals surface area contributed by atoms with E-state index in [1.54, 1.807) is 20.8 Å². The molecule has 0 N–H and O–H groups in total. The van der Waals surface area contributed by atoms with Gasteiger partial charge in [-0.3, -0.25) is 4.18 Å². The maximum absolute atomic E-state index is 10.2. The van der Waals surface area contributed by atoms with E-state index in [1.165, 1.54) is 0 Å². The third-order valence-corrected chi connectivity index (χ3v) is 1.24. The molecule has 0 aromatic heterocycles. The second-order valence-electron chi connectivity index (χ2n) is 2.59. The van der Waals surface area contributed by atoms with Gasteiger partial charge >= 0.3 is 9.33 Å². The fourth-order valence-corrected chi connectivity index (χ4v) is 1.46. The molecule has 0 heterocycles. The van der Waals surface area contributed by atoms with E-state index in [0.29, 0.717) is 0 Å². The van der Waals surface area contributed by atoms with E-state index < -0.39 is 14.9 Å². The van der Waals surface area contributed by atoms with Gasteiger partial charge in [0.05, 0.1) is 5.60 Å². The lowest BCUT2D eigenvalue weighted by Gasteiger charge is -2.14. The Labute approximate surface area is 59.6 Å². The summed E-state index contributed by atoms with van der Waals surface area (Å²) < 4.78 is 24.7. The van der Waals surface area contributed by atoms with Gasteiger partial charge in [0, 0.05) is 10.7 Å². The predicted molar refractivity (Wildman–Crippen MR) is 35.6 cm³/mol. The van der Waals surface area contributed by atoms with Crippen molar-refractivity contribution in [1.82, 2.24) is 0 Å². The van der Waals surface area contributed by atoms with E-state index in [4.69, 9.17) is 10.7 Å². The van der Waals surface area contributed by atoms with Crippen LogP contribution in [0.5, 0.6) is 0 Å². The van der Waals surface area contributed by atoms with E-state index in [0.717, 1.165) is 0 Å². The van der Waals surface area contributed by atoms with Crippen LogP contribution in [-0.4, -0.2) is 14.0 Å². The topological polar surface area (TPSA) is 43.4 Å². The van der Waals surface area contributed by atoms with Crippen LogP contribution >= 0.6 is 10.7 Å². The number of hydrogen-bond donors (Lipinski definition) is 0. The Morgan fingerprint density at radius 1 is 1.33 bits per heavy atom. The van der Waals surface area contributed by atoms with Crippen molar-refractivity contribution in [3.8, 4) is 0 Å². The van der Waals surface area contributed by atoms with Crippen LogP contribution in [0.15, 0.2) is 0 Å². The van der Waals surface area contributed by atoms with Crippen molar-refractivity contribution in [3.05, 3.63) is 0 Å². The van der Waals surface area contributed by atoms with Crippen molar-refractivity contribution in [2.75, 3.05) is 0 Å². The molecular weight excluding hydrogens is 164 g/mol. The van der Waals surface area contributed by atoms with Crippen molar-refractivity contribution < 1.29 is 12.6 Å². The van der Waals surface area contributed by atoms with Gasteiger partial charge in [0.15, 0.2) is 0 Å². The van der Waals surface area contributed by atoms with Crippen LogP contribution < -0.4 is 0 Å². The van der Waals surface area contributed by atoms with Gasteiger partial charge in [-0.15, -0.1) is 0 Å². The summed E-state index contributed by atoms with van der Waals surface area (Å²) in [5, 5.41) is 0. The highest BCUT2D eigenvalue weighted by Crippen LogP contribution is 2.13. The van der Waals surface area contributed by atoms with E-state index in [2.05, 4.69) is 4.18 Å².